The number of methoxy groups -OCH3 is 1. The van der Waals surface area contributed by atoms with Gasteiger partial charge in [-0.25, -0.2) is 0 Å². The van der Waals surface area contributed by atoms with Gasteiger partial charge in [0.15, 0.2) is 11.9 Å². The van der Waals surface area contributed by atoms with Crippen LogP contribution in [0.5, 0.6) is 5.75 Å². The Morgan fingerprint density at radius 3 is 2.53 bits per heavy atom. The van der Waals surface area contributed by atoms with Gasteiger partial charge >= 0.3 is 0 Å². The summed E-state index contributed by atoms with van der Waals surface area (Å²) in [5.41, 5.74) is 0.839. The van der Waals surface area contributed by atoms with Crippen molar-refractivity contribution in [2.75, 3.05) is 20.8 Å². The predicted molar refractivity (Wildman–Crippen MR) is 110 cm³/mol. The molecule has 1 N–H and O–H groups in total. The molecule has 2 fully saturated rings. The summed E-state index contributed by atoms with van der Waals surface area (Å²) in [4.78, 5) is 41.7. The summed E-state index contributed by atoms with van der Waals surface area (Å²) in [6.07, 6.45) is 1.07. The average Bonchev–Trinajstić information content (AvgIpc) is 3.54. The van der Waals surface area contributed by atoms with Crippen molar-refractivity contribution < 1.29 is 33.5 Å². The summed E-state index contributed by atoms with van der Waals surface area (Å²) in [6, 6.07) is 7.06. The molecule has 2 amide bonds. The first-order valence-corrected chi connectivity index (χ1v) is 10.1. The number of aromatic nitrogens is 2. The van der Waals surface area contributed by atoms with Gasteiger partial charge in [0.2, 0.25) is 11.8 Å². The summed E-state index contributed by atoms with van der Waals surface area (Å²) < 4.78 is 16.1. The Labute approximate surface area is 184 Å². The Morgan fingerprint density at radius 2 is 2.00 bits per heavy atom. The molecule has 32 heavy (non-hydrogen) atoms. The molecular formula is C21H26N4O7. The minimum absolute atomic E-state index is 0.0902. The largest absolute Gasteiger partial charge is 0.497 e. The molecule has 1 saturated carbocycles. The first kappa shape index (κ1) is 23.2. The zero-order valence-electron chi connectivity index (χ0n) is 18.1. The fourth-order valence-electron chi connectivity index (χ4n) is 3.66. The molecular weight excluding hydrogens is 420 g/mol. The van der Waals surface area contributed by atoms with E-state index < -0.39 is 12.1 Å². The number of carbonyl (C=O) groups is 3. The maximum Gasteiger partial charge on any atom is 0.290 e. The van der Waals surface area contributed by atoms with Crippen LogP contribution in [0.3, 0.4) is 0 Å². The summed E-state index contributed by atoms with van der Waals surface area (Å²) in [5, 5.41) is 10.6. The number of hydrogen-bond donors (Lipinski definition) is 1. The van der Waals surface area contributed by atoms with Gasteiger partial charge < -0.3 is 28.9 Å². The zero-order valence-corrected chi connectivity index (χ0v) is 18.1. The Hall–Kier alpha value is -3.47. The lowest BCUT2D eigenvalue weighted by molar-refractivity contribution is -0.170. The van der Waals surface area contributed by atoms with E-state index in [1.807, 2.05) is 29.2 Å². The van der Waals surface area contributed by atoms with Crippen LogP contribution in [0.1, 0.15) is 36.2 Å². The highest BCUT2D eigenvalue weighted by Crippen LogP contribution is 2.40. The number of ether oxygens (including phenoxy) is 2. The second kappa shape index (κ2) is 10.2. The number of morpholine rings is 1. The molecule has 1 aromatic carbocycles. The van der Waals surface area contributed by atoms with E-state index in [0.29, 0.717) is 17.5 Å². The minimum Gasteiger partial charge on any atom is -0.497 e. The van der Waals surface area contributed by atoms with Crippen LogP contribution in [0.2, 0.25) is 0 Å². The lowest BCUT2D eigenvalue weighted by Crippen LogP contribution is -2.55. The molecule has 2 aromatic rings. The van der Waals surface area contributed by atoms with Gasteiger partial charge in [-0.3, -0.25) is 14.4 Å². The monoisotopic (exact) mass is 446 g/mol. The van der Waals surface area contributed by atoms with E-state index >= 15 is 0 Å². The fourth-order valence-corrected chi connectivity index (χ4v) is 3.66. The van der Waals surface area contributed by atoms with Gasteiger partial charge in [0, 0.05) is 13.1 Å². The van der Waals surface area contributed by atoms with Crippen molar-refractivity contribution >= 4 is 18.3 Å². The first-order chi connectivity index (χ1) is 15.4. The Kier molecular flexibility index (Phi) is 7.41. The average molecular weight is 446 g/mol. The van der Waals surface area contributed by atoms with Gasteiger partial charge in [-0.1, -0.05) is 17.3 Å². The van der Waals surface area contributed by atoms with Gasteiger partial charge in [0.1, 0.15) is 12.4 Å². The zero-order chi connectivity index (χ0) is 23.3. The van der Waals surface area contributed by atoms with Crippen LogP contribution < -0.4 is 4.74 Å². The van der Waals surface area contributed by atoms with Crippen molar-refractivity contribution in [1.29, 1.82) is 0 Å². The van der Waals surface area contributed by atoms with Crippen molar-refractivity contribution in [3.63, 3.8) is 0 Å². The van der Waals surface area contributed by atoms with Gasteiger partial charge in [0.05, 0.1) is 19.7 Å². The highest BCUT2D eigenvalue weighted by molar-refractivity contribution is 5.86. The summed E-state index contributed by atoms with van der Waals surface area (Å²) >= 11 is 0. The molecule has 1 aliphatic heterocycles. The smallest absolute Gasteiger partial charge is 0.290 e. The third-order valence-corrected chi connectivity index (χ3v) is 5.22. The highest BCUT2D eigenvalue weighted by Gasteiger charge is 2.48. The summed E-state index contributed by atoms with van der Waals surface area (Å²) in [6.45, 7) is 1.54. The van der Waals surface area contributed by atoms with Crippen LogP contribution in [-0.2, 0) is 25.7 Å². The lowest BCUT2D eigenvalue weighted by Gasteiger charge is -2.41. The molecule has 4 rings (SSSR count). The molecule has 2 heterocycles. The molecule has 0 bridgehead atoms. The number of benzene rings is 1. The molecule has 2 aliphatic rings. The van der Waals surface area contributed by atoms with Crippen molar-refractivity contribution in [1.82, 2.24) is 19.9 Å². The second-order valence-corrected chi connectivity index (χ2v) is 7.52. The maximum absolute atomic E-state index is 13.3. The SMILES string of the molecule is COc1ccc([C@@H]2[C@@H](C(=O)N(C)Cc3nc(C)no3)OCC(=O)N2C2CC2)cc1.O=CO. The first-order valence-electron chi connectivity index (χ1n) is 10.1. The summed E-state index contributed by atoms with van der Waals surface area (Å²) in [7, 11) is 3.26. The number of carboxylic acid groups (broad SMARTS) is 1. The van der Waals surface area contributed by atoms with Crippen molar-refractivity contribution in [3.8, 4) is 5.75 Å². The number of likely N-dealkylation sites (N-methyl/N-ethyl adjacent to an activating group) is 1. The molecule has 0 spiro atoms. The normalized spacial score (nSPS) is 20.2. The standard InChI is InChI=1S/C20H24N4O5.CH2O2/c1-12-21-16(29-22-12)10-23(2)20(26)19-18(13-4-8-15(27-3)9-5-13)24(14-6-7-14)17(25)11-28-19;2-1-3/h4-5,8-9,14,18-19H,6-7,10-11H2,1-3H3;1H,(H,2,3)/t18-,19+;/m1./s1. The molecule has 172 valence electrons. The van der Waals surface area contributed by atoms with Crippen LogP contribution in [0.15, 0.2) is 28.8 Å². The summed E-state index contributed by atoms with van der Waals surface area (Å²) in [5.74, 6) is 1.25. The van der Waals surface area contributed by atoms with Crippen molar-refractivity contribution in [3.05, 3.63) is 41.5 Å². The topological polar surface area (TPSA) is 135 Å². The van der Waals surface area contributed by atoms with Crippen LogP contribution in [-0.4, -0.2) is 76.2 Å². The predicted octanol–water partition coefficient (Wildman–Crippen LogP) is 1.18. The molecule has 0 unspecified atom stereocenters. The van der Waals surface area contributed by atoms with Gasteiger partial charge in [-0.15, -0.1) is 0 Å². The Morgan fingerprint density at radius 1 is 1.34 bits per heavy atom. The van der Waals surface area contributed by atoms with Gasteiger partial charge in [-0.05, 0) is 37.5 Å². The molecule has 11 heteroatoms. The second-order valence-electron chi connectivity index (χ2n) is 7.52. The quantitative estimate of drug-likeness (QED) is 0.649. The lowest BCUT2D eigenvalue weighted by atomic mass is 9.96. The molecule has 0 radical (unpaired) electrons. The number of rotatable bonds is 6. The van der Waals surface area contributed by atoms with Crippen LogP contribution >= 0.6 is 0 Å². The molecule has 11 nitrogen and oxygen atoms in total. The number of hydrogen-bond acceptors (Lipinski definition) is 8. The van der Waals surface area contributed by atoms with Crippen molar-refractivity contribution in [2.45, 2.75) is 44.5 Å². The third-order valence-electron chi connectivity index (χ3n) is 5.22. The molecule has 1 aliphatic carbocycles. The molecule has 1 saturated heterocycles. The van der Waals surface area contributed by atoms with E-state index in [1.54, 1.807) is 21.1 Å². The molecule has 1 aromatic heterocycles. The third kappa shape index (κ3) is 5.22. The van der Waals surface area contributed by atoms with E-state index in [9.17, 15) is 9.59 Å². The van der Waals surface area contributed by atoms with E-state index in [2.05, 4.69) is 10.1 Å². The van der Waals surface area contributed by atoms with E-state index in [0.717, 1.165) is 18.4 Å². The van der Waals surface area contributed by atoms with Crippen molar-refractivity contribution in [2.24, 2.45) is 0 Å². The van der Waals surface area contributed by atoms with Crippen LogP contribution in [0.25, 0.3) is 0 Å². The van der Waals surface area contributed by atoms with E-state index in [1.165, 1.54) is 4.90 Å². The van der Waals surface area contributed by atoms with E-state index in [-0.39, 0.29) is 37.5 Å². The maximum atomic E-state index is 13.3. The van der Waals surface area contributed by atoms with Gasteiger partial charge in [0.25, 0.3) is 12.4 Å². The van der Waals surface area contributed by atoms with Gasteiger partial charge in [-0.2, -0.15) is 4.98 Å². The number of amides is 2. The molecule has 2 atom stereocenters. The van der Waals surface area contributed by atoms with E-state index in [4.69, 9.17) is 23.9 Å². The number of carbonyl (C=O) groups excluding carboxylic acids is 2. The Bertz CT molecular complexity index is 942. The van der Waals surface area contributed by atoms with Crippen LogP contribution in [0.4, 0.5) is 0 Å². The fraction of sp³-hybridized carbons (Fsp3) is 0.476. The minimum atomic E-state index is -0.810. The van der Waals surface area contributed by atoms with Crippen LogP contribution in [0, 0.1) is 6.92 Å². The highest BCUT2D eigenvalue weighted by atomic mass is 16.5. The number of aryl methyl sites for hydroxylation is 1. The Balaban J connectivity index is 0.000000913. The number of nitrogens with zero attached hydrogens (tertiary/aromatic N) is 4.